The molecule has 0 atom stereocenters. The number of carbonyl (C=O) groups is 1. The second kappa shape index (κ2) is 5.03. The molecule has 0 aromatic carbocycles. The van der Waals surface area contributed by atoms with Gasteiger partial charge in [0, 0.05) is 17.0 Å². The molecule has 5 nitrogen and oxygen atoms in total. The maximum Gasteiger partial charge on any atom is 0.226 e. The zero-order valence-electron chi connectivity index (χ0n) is 10.1. The van der Waals surface area contributed by atoms with Crippen molar-refractivity contribution in [1.29, 1.82) is 0 Å². The molecule has 1 amide bonds. The van der Waals surface area contributed by atoms with Gasteiger partial charge in [0.25, 0.3) is 0 Å². The third-order valence-corrected chi connectivity index (χ3v) is 4.15. The number of nitrogens with zero attached hydrogens (tertiary/aromatic N) is 2. The molecule has 0 aliphatic heterocycles. The van der Waals surface area contributed by atoms with Crippen LogP contribution in [-0.2, 0) is 16.8 Å². The summed E-state index contributed by atoms with van der Waals surface area (Å²) in [4.78, 5) is 20.2. The van der Waals surface area contributed by atoms with Gasteiger partial charge >= 0.3 is 0 Å². The maximum atomic E-state index is 11.9. The summed E-state index contributed by atoms with van der Waals surface area (Å²) in [7, 11) is 0. The first kappa shape index (κ1) is 13.0. The normalized spacial score (nSPS) is 11.4. The van der Waals surface area contributed by atoms with Crippen LogP contribution in [0.25, 0.3) is 0 Å². The summed E-state index contributed by atoms with van der Waals surface area (Å²) < 4.78 is 0. The lowest BCUT2D eigenvalue weighted by Crippen LogP contribution is -2.41. The molecule has 0 bridgehead atoms. The van der Waals surface area contributed by atoms with Crippen LogP contribution in [0.3, 0.4) is 0 Å². The lowest BCUT2D eigenvalue weighted by Gasteiger charge is -2.23. The summed E-state index contributed by atoms with van der Waals surface area (Å²) in [5.41, 5.74) is 5.76. The Kier molecular flexibility index (Phi) is 3.63. The molecule has 2 rings (SSSR count). The summed E-state index contributed by atoms with van der Waals surface area (Å²) in [5, 5.41) is 8.01. The van der Waals surface area contributed by atoms with E-state index in [0.717, 1.165) is 5.01 Å². The molecule has 2 heterocycles. The fourth-order valence-corrected chi connectivity index (χ4v) is 2.83. The number of thiazole rings is 2. The van der Waals surface area contributed by atoms with Crippen LogP contribution in [0, 0.1) is 0 Å². The number of carbonyl (C=O) groups excluding carboxylic acids is 1. The SMILES string of the molecule is CC(C)(NC(=O)Cc1csc(N)n1)c1nccs1. The lowest BCUT2D eigenvalue weighted by atomic mass is 10.1. The van der Waals surface area contributed by atoms with Crippen LogP contribution in [0.15, 0.2) is 17.0 Å². The molecule has 2 aromatic heterocycles. The molecule has 96 valence electrons. The number of amides is 1. The van der Waals surface area contributed by atoms with Crippen LogP contribution in [-0.4, -0.2) is 15.9 Å². The van der Waals surface area contributed by atoms with Gasteiger partial charge in [-0.1, -0.05) is 0 Å². The highest BCUT2D eigenvalue weighted by molar-refractivity contribution is 7.13. The average molecular weight is 282 g/mol. The van der Waals surface area contributed by atoms with Crippen molar-refractivity contribution in [3.63, 3.8) is 0 Å². The van der Waals surface area contributed by atoms with E-state index in [9.17, 15) is 4.79 Å². The Morgan fingerprint density at radius 2 is 2.28 bits per heavy atom. The minimum Gasteiger partial charge on any atom is -0.375 e. The van der Waals surface area contributed by atoms with Crippen LogP contribution in [0.2, 0.25) is 0 Å². The molecule has 18 heavy (non-hydrogen) atoms. The van der Waals surface area contributed by atoms with Crippen molar-refractivity contribution in [1.82, 2.24) is 15.3 Å². The largest absolute Gasteiger partial charge is 0.375 e. The van der Waals surface area contributed by atoms with Crippen LogP contribution >= 0.6 is 22.7 Å². The maximum absolute atomic E-state index is 11.9. The number of nitrogens with one attached hydrogen (secondary N) is 1. The molecule has 0 aliphatic rings. The topological polar surface area (TPSA) is 80.9 Å². The van der Waals surface area contributed by atoms with Gasteiger partial charge in [0.1, 0.15) is 5.01 Å². The van der Waals surface area contributed by atoms with E-state index in [-0.39, 0.29) is 12.3 Å². The van der Waals surface area contributed by atoms with E-state index in [1.807, 2.05) is 19.2 Å². The predicted molar refractivity (Wildman–Crippen MR) is 73.5 cm³/mol. The fraction of sp³-hybridized carbons (Fsp3) is 0.364. The number of anilines is 1. The third kappa shape index (κ3) is 3.05. The van der Waals surface area contributed by atoms with Gasteiger partial charge in [0.2, 0.25) is 5.91 Å². The van der Waals surface area contributed by atoms with Crippen molar-refractivity contribution >= 4 is 33.7 Å². The molecule has 3 N–H and O–H groups in total. The van der Waals surface area contributed by atoms with Gasteiger partial charge < -0.3 is 11.1 Å². The zero-order chi connectivity index (χ0) is 13.2. The highest BCUT2D eigenvalue weighted by Gasteiger charge is 2.25. The molecule has 0 radical (unpaired) electrons. The van der Waals surface area contributed by atoms with E-state index in [2.05, 4.69) is 15.3 Å². The van der Waals surface area contributed by atoms with Crippen LogP contribution in [0.5, 0.6) is 0 Å². The molecule has 0 fully saturated rings. The molecule has 0 saturated heterocycles. The van der Waals surface area contributed by atoms with E-state index in [4.69, 9.17) is 5.73 Å². The summed E-state index contributed by atoms with van der Waals surface area (Å²) in [6.07, 6.45) is 1.97. The molecular formula is C11H14N4OS2. The standard InChI is InChI=1S/C11H14N4OS2/c1-11(2,9-13-3-4-17-9)15-8(16)5-7-6-18-10(12)14-7/h3-4,6H,5H2,1-2H3,(H2,12,14)(H,15,16). The first-order valence-electron chi connectivity index (χ1n) is 5.38. The smallest absolute Gasteiger partial charge is 0.226 e. The van der Waals surface area contributed by atoms with E-state index >= 15 is 0 Å². The van der Waals surface area contributed by atoms with E-state index in [1.54, 1.807) is 11.6 Å². The average Bonchev–Trinajstić information content (AvgIpc) is 2.88. The van der Waals surface area contributed by atoms with Crippen molar-refractivity contribution in [2.75, 3.05) is 5.73 Å². The summed E-state index contributed by atoms with van der Waals surface area (Å²) >= 11 is 2.86. The Morgan fingerprint density at radius 1 is 1.50 bits per heavy atom. The summed E-state index contributed by atoms with van der Waals surface area (Å²) in [6.45, 7) is 3.86. The molecule has 2 aromatic rings. The van der Waals surface area contributed by atoms with E-state index < -0.39 is 5.54 Å². The van der Waals surface area contributed by atoms with Gasteiger partial charge in [-0.3, -0.25) is 4.79 Å². The molecule has 7 heteroatoms. The molecule has 0 saturated carbocycles. The Morgan fingerprint density at radius 3 is 2.83 bits per heavy atom. The van der Waals surface area contributed by atoms with Crippen molar-refractivity contribution < 1.29 is 4.79 Å². The fourth-order valence-electron chi connectivity index (χ4n) is 1.55. The third-order valence-electron chi connectivity index (χ3n) is 2.33. The number of nitrogens with two attached hydrogens (primary N) is 1. The van der Waals surface area contributed by atoms with Crippen LogP contribution < -0.4 is 11.1 Å². The van der Waals surface area contributed by atoms with Gasteiger partial charge in [-0.25, -0.2) is 9.97 Å². The predicted octanol–water partition coefficient (Wildman–Crippen LogP) is 1.78. The van der Waals surface area contributed by atoms with Gasteiger partial charge in [-0.2, -0.15) is 0 Å². The molecule has 0 spiro atoms. The second-order valence-corrected chi connectivity index (χ2v) is 6.15. The number of hydrogen-bond acceptors (Lipinski definition) is 6. The first-order chi connectivity index (χ1) is 8.47. The Balaban J connectivity index is 1.99. The molecular weight excluding hydrogens is 268 g/mol. The minimum atomic E-state index is -0.465. The highest BCUT2D eigenvalue weighted by Crippen LogP contribution is 2.22. The van der Waals surface area contributed by atoms with Crippen LogP contribution in [0.1, 0.15) is 24.5 Å². The number of hydrogen-bond donors (Lipinski definition) is 2. The summed E-state index contributed by atoms with van der Waals surface area (Å²) in [5.74, 6) is -0.0829. The minimum absolute atomic E-state index is 0.0829. The van der Waals surface area contributed by atoms with Gasteiger partial charge in [0.15, 0.2) is 5.13 Å². The molecule has 0 unspecified atom stereocenters. The lowest BCUT2D eigenvalue weighted by molar-refractivity contribution is -0.122. The highest BCUT2D eigenvalue weighted by atomic mass is 32.1. The number of aromatic nitrogens is 2. The first-order valence-corrected chi connectivity index (χ1v) is 7.14. The quantitative estimate of drug-likeness (QED) is 0.895. The van der Waals surface area contributed by atoms with E-state index in [1.165, 1.54) is 22.7 Å². The van der Waals surface area contributed by atoms with Crippen molar-refractivity contribution in [2.45, 2.75) is 25.8 Å². The summed E-state index contributed by atoms with van der Waals surface area (Å²) in [6, 6.07) is 0. The zero-order valence-corrected chi connectivity index (χ0v) is 11.8. The number of nitrogen functional groups attached to an aromatic ring is 1. The Bertz CT molecular complexity index is 533. The van der Waals surface area contributed by atoms with Crippen LogP contribution in [0.4, 0.5) is 5.13 Å². The second-order valence-electron chi connectivity index (χ2n) is 4.36. The Hall–Kier alpha value is -1.47. The molecule has 0 aliphatic carbocycles. The van der Waals surface area contributed by atoms with Gasteiger partial charge in [-0.05, 0) is 13.8 Å². The Labute approximate surface area is 113 Å². The monoisotopic (exact) mass is 282 g/mol. The van der Waals surface area contributed by atoms with Crippen molar-refractivity contribution in [3.8, 4) is 0 Å². The van der Waals surface area contributed by atoms with E-state index in [0.29, 0.717) is 10.8 Å². The van der Waals surface area contributed by atoms with Gasteiger partial charge in [0.05, 0.1) is 17.7 Å². The van der Waals surface area contributed by atoms with Crippen molar-refractivity contribution in [2.24, 2.45) is 0 Å². The van der Waals surface area contributed by atoms with Crippen molar-refractivity contribution in [3.05, 3.63) is 27.7 Å². The number of rotatable bonds is 4. The van der Waals surface area contributed by atoms with Gasteiger partial charge in [-0.15, -0.1) is 22.7 Å².